The maximum Gasteiger partial charge on any atom is 0.120 e. The Labute approximate surface area is 81.5 Å². The van der Waals surface area contributed by atoms with E-state index in [1.165, 1.54) is 6.42 Å². The van der Waals surface area contributed by atoms with Crippen LogP contribution in [0, 0.1) is 29.1 Å². The quantitative estimate of drug-likeness (QED) is 0.614. The highest BCUT2D eigenvalue weighted by atomic mass is 16.3. The zero-order chi connectivity index (χ0) is 10.3. The Bertz CT molecular complexity index is 236. The maximum atomic E-state index is 9.83. The summed E-state index contributed by atoms with van der Waals surface area (Å²) in [5.74, 6) is 3.12. The second kappa shape index (κ2) is 3.03. The van der Waals surface area contributed by atoms with Gasteiger partial charge in [-0.2, -0.15) is 0 Å². The molecule has 1 aliphatic carbocycles. The molecule has 74 valence electrons. The fourth-order valence-corrected chi connectivity index (χ4v) is 2.44. The molecule has 0 aromatic carbocycles. The highest BCUT2D eigenvalue weighted by Gasteiger charge is 2.52. The van der Waals surface area contributed by atoms with Crippen molar-refractivity contribution >= 4 is 0 Å². The van der Waals surface area contributed by atoms with E-state index in [0.29, 0.717) is 5.92 Å². The third-order valence-corrected chi connectivity index (χ3v) is 4.56. The summed E-state index contributed by atoms with van der Waals surface area (Å²) < 4.78 is 0. The first-order valence-electron chi connectivity index (χ1n) is 5.00. The number of aliphatic hydroxyl groups excluding tert-OH is 1. The lowest BCUT2D eigenvalue weighted by Gasteiger charge is -2.42. The number of hydrogen-bond donors (Lipinski definition) is 1. The molecule has 0 amide bonds. The average molecular weight is 180 g/mol. The first-order valence-corrected chi connectivity index (χ1v) is 5.00. The van der Waals surface area contributed by atoms with Gasteiger partial charge in [0, 0.05) is 5.41 Å². The molecule has 1 heteroatoms. The highest BCUT2D eigenvalue weighted by Crippen LogP contribution is 2.57. The molecular weight excluding hydrogens is 160 g/mol. The van der Waals surface area contributed by atoms with Gasteiger partial charge in [0.15, 0.2) is 0 Å². The maximum absolute atomic E-state index is 9.83. The van der Waals surface area contributed by atoms with Gasteiger partial charge in [0.25, 0.3) is 0 Å². The van der Waals surface area contributed by atoms with Crippen LogP contribution < -0.4 is 0 Å². The topological polar surface area (TPSA) is 20.2 Å². The normalized spacial score (nSPS) is 39.8. The van der Waals surface area contributed by atoms with Gasteiger partial charge in [0.1, 0.15) is 6.10 Å². The molecule has 1 N–H and O–H groups in total. The third-order valence-electron chi connectivity index (χ3n) is 4.56. The van der Waals surface area contributed by atoms with Gasteiger partial charge in [-0.3, -0.25) is 0 Å². The molecule has 0 heterocycles. The summed E-state index contributed by atoms with van der Waals surface area (Å²) in [6, 6.07) is 0. The van der Waals surface area contributed by atoms with Crippen LogP contribution in [-0.4, -0.2) is 11.2 Å². The van der Waals surface area contributed by atoms with E-state index in [1.54, 1.807) is 0 Å². The van der Waals surface area contributed by atoms with Crippen molar-refractivity contribution in [2.75, 3.05) is 0 Å². The molecule has 0 radical (unpaired) electrons. The van der Waals surface area contributed by atoms with Gasteiger partial charge in [-0.1, -0.05) is 33.6 Å². The molecule has 1 aliphatic rings. The van der Waals surface area contributed by atoms with Crippen LogP contribution in [0.15, 0.2) is 0 Å². The summed E-state index contributed by atoms with van der Waals surface area (Å²) in [6.45, 7) is 8.78. The molecule has 0 aromatic heterocycles. The van der Waals surface area contributed by atoms with Gasteiger partial charge in [0.05, 0.1) is 0 Å². The molecule has 1 saturated carbocycles. The van der Waals surface area contributed by atoms with Crippen molar-refractivity contribution in [3.05, 3.63) is 0 Å². The largest absolute Gasteiger partial charge is 0.380 e. The van der Waals surface area contributed by atoms with E-state index < -0.39 is 6.10 Å². The van der Waals surface area contributed by atoms with Crippen molar-refractivity contribution < 1.29 is 5.11 Å². The fraction of sp³-hybridized carbons (Fsp3) is 0.833. The lowest BCUT2D eigenvalue weighted by atomic mass is 9.63. The van der Waals surface area contributed by atoms with E-state index in [1.807, 2.05) is 0 Å². The predicted molar refractivity (Wildman–Crippen MR) is 55.1 cm³/mol. The van der Waals surface area contributed by atoms with Gasteiger partial charge in [-0.05, 0) is 24.2 Å². The SMILES string of the molecule is C#C[C@@H](O)[C@]1(C)CC[C@H](C)C1(C)C. The van der Waals surface area contributed by atoms with Crippen LogP contribution in [0.2, 0.25) is 0 Å². The lowest BCUT2D eigenvalue weighted by Crippen LogP contribution is -2.42. The smallest absolute Gasteiger partial charge is 0.120 e. The van der Waals surface area contributed by atoms with E-state index in [9.17, 15) is 5.11 Å². The Morgan fingerprint density at radius 1 is 1.46 bits per heavy atom. The van der Waals surface area contributed by atoms with Gasteiger partial charge in [0.2, 0.25) is 0 Å². The van der Waals surface area contributed by atoms with Crippen molar-refractivity contribution in [1.29, 1.82) is 0 Å². The van der Waals surface area contributed by atoms with Crippen LogP contribution in [0.1, 0.15) is 40.5 Å². The van der Waals surface area contributed by atoms with E-state index in [2.05, 4.69) is 33.6 Å². The van der Waals surface area contributed by atoms with Gasteiger partial charge < -0.3 is 5.11 Å². The zero-order valence-electron chi connectivity index (χ0n) is 9.09. The first-order chi connectivity index (χ1) is 5.86. The minimum Gasteiger partial charge on any atom is -0.380 e. The van der Waals surface area contributed by atoms with E-state index >= 15 is 0 Å². The highest BCUT2D eigenvalue weighted by molar-refractivity contribution is 5.11. The van der Waals surface area contributed by atoms with E-state index in [-0.39, 0.29) is 10.8 Å². The third kappa shape index (κ3) is 1.28. The summed E-state index contributed by atoms with van der Waals surface area (Å²) in [7, 11) is 0. The Morgan fingerprint density at radius 2 is 2.00 bits per heavy atom. The molecule has 3 atom stereocenters. The number of aliphatic hydroxyl groups is 1. The second-order valence-electron chi connectivity index (χ2n) is 5.15. The average Bonchev–Trinajstić information content (AvgIpc) is 2.29. The van der Waals surface area contributed by atoms with Crippen LogP contribution in [0.3, 0.4) is 0 Å². The van der Waals surface area contributed by atoms with Crippen molar-refractivity contribution in [2.45, 2.75) is 46.6 Å². The molecular formula is C12H20O. The molecule has 0 saturated heterocycles. The summed E-state index contributed by atoms with van der Waals surface area (Å²) in [6.07, 6.45) is 6.90. The second-order valence-corrected chi connectivity index (χ2v) is 5.15. The van der Waals surface area contributed by atoms with Crippen LogP contribution in [-0.2, 0) is 0 Å². The van der Waals surface area contributed by atoms with Crippen LogP contribution in [0.4, 0.5) is 0 Å². The lowest BCUT2D eigenvalue weighted by molar-refractivity contribution is -0.00834. The molecule has 1 fully saturated rings. The Balaban J connectivity index is 3.00. The molecule has 0 unspecified atom stereocenters. The zero-order valence-corrected chi connectivity index (χ0v) is 9.09. The molecule has 0 bridgehead atoms. The Morgan fingerprint density at radius 3 is 2.31 bits per heavy atom. The van der Waals surface area contributed by atoms with Gasteiger partial charge >= 0.3 is 0 Å². The van der Waals surface area contributed by atoms with Crippen LogP contribution in [0.5, 0.6) is 0 Å². The van der Waals surface area contributed by atoms with Crippen molar-refractivity contribution in [3.8, 4) is 12.3 Å². The Kier molecular flexibility index (Phi) is 2.47. The first kappa shape index (κ1) is 10.6. The van der Waals surface area contributed by atoms with Crippen molar-refractivity contribution in [3.63, 3.8) is 0 Å². The molecule has 13 heavy (non-hydrogen) atoms. The van der Waals surface area contributed by atoms with Crippen molar-refractivity contribution in [1.82, 2.24) is 0 Å². The van der Waals surface area contributed by atoms with Gasteiger partial charge in [-0.15, -0.1) is 6.42 Å². The number of rotatable bonds is 1. The summed E-state index contributed by atoms with van der Waals surface area (Å²) in [5, 5.41) is 9.83. The summed E-state index contributed by atoms with van der Waals surface area (Å²) in [5.41, 5.74) is 0.0277. The number of terminal acetylenes is 1. The minimum atomic E-state index is -0.604. The molecule has 1 nitrogen and oxygen atoms in total. The molecule has 0 aliphatic heterocycles. The summed E-state index contributed by atoms with van der Waals surface area (Å²) >= 11 is 0. The molecule has 0 spiro atoms. The van der Waals surface area contributed by atoms with Crippen molar-refractivity contribution in [2.24, 2.45) is 16.7 Å². The van der Waals surface area contributed by atoms with Gasteiger partial charge in [-0.25, -0.2) is 0 Å². The summed E-state index contributed by atoms with van der Waals surface area (Å²) in [4.78, 5) is 0. The standard InChI is InChI=1S/C12H20O/c1-6-10(13)12(5)8-7-9(2)11(12,3)4/h1,9-10,13H,7-8H2,2-5H3/t9-,10+,12-/m0/s1. The molecule has 0 aromatic rings. The fourth-order valence-electron chi connectivity index (χ4n) is 2.44. The Hall–Kier alpha value is -0.480. The predicted octanol–water partition coefficient (Wildman–Crippen LogP) is 2.44. The van der Waals surface area contributed by atoms with E-state index in [4.69, 9.17) is 6.42 Å². The number of hydrogen-bond acceptors (Lipinski definition) is 1. The van der Waals surface area contributed by atoms with Crippen LogP contribution in [0.25, 0.3) is 0 Å². The molecule has 1 rings (SSSR count). The minimum absolute atomic E-state index is 0.110. The monoisotopic (exact) mass is 180 g/mol. The van der Waals surface area contributed by atoms with E-state index in [0.717, 1.165) is 6.42 Å². The van der Waals surface area contributed by atoms with Crippen LogP contribution >= 0.6 is 0 Å².